The van der Waals surface area contributed by atoms with E-state index >= 15 is 0 Å². The normalized spacial score (nSPS) is 11.5. The molecule has 0 aliphatic carbocycles. The molecule has 12 aromatic rings. The number of rotatable bonds is 7. The molecule has 0 amide bonds. The molecule has 0 bridgehead atoms. The molecule has 0 aliphatic heterocycles. The van der Waals surface area contributed by atoms with Crippen LogP contribution in [0, 0.1) is 85.0 Å². The number of benzene rings is 6. The van der Waals surface area contributed by atoms with Gasteiger partial charge in [0.15, 0.2) is 23.3 Å². The van der Waals surface area contributed by atoms with Gasteiger partial charge in [0, 0.05) is 49.4 Å². The van der Waals surface area contributed by atoms with E-state index in [0.29, 0.717) is 92.4 Å². The molecule has 6 aromatic carbocycles. The van der Waals surface area contributed by atoms with Crippen molar-refractivity contribution in [3.8, 4) is 80.2 Å². The molecule has 16 heteroatoms. The predicted octanol–water partition coefficient (Wildman–Crippen LogP) is 11.5. The zero-order chi connectivity index (χ0) is 52.0. The van der Waals surface area contributed by atoms with Gasteiger partial charge in [-0.15, -0.1) is 0 Å². The Morgan fingerprint density at radius 3 is 0.973 bits per heavy atom. The Labute approximate surface area is 430 Å². The van der Waals surface area contributed by atoms with Crippen LogP contribution in [0.25, 0.3) is 112 Å². The molecule has 6 heterocycles. The standard InChI is InChI=1S/C59H44N16/c1-29-18-38(27-60)20-43(19-29)49-26-50(74-51-21-39(56-66-30(2)62-31(3)67-56)10-14-45(51)46-15-11-40(22-52(46)74)57-68-32(4)63-33(5)69-57)44(28-61)25-55(49)75-53-23-41(58-70-34(6)64-35(7)71-58)12-16-47(53)48-17-13-42(24-54(48)75)59-72-36(8)65-37(9)73-59/h10-26H,1-9H3. The van der Waals surface area contributed by atoms with E-state index in [-0.39, 0.29) is 0 Å². The van der Waals surface area contributed by atoms with Crippen molar-refractivity contribution < 1.29 is 0 Å². The second-order valence-corrected chi connectivity index (χ2v) is 18.8. The molecule has 16 nitrogen and oxygen atoms in total. The van der Waals surface area contributed by atoms with Crippen molar-refractivity contribution in [2.45, 2.75) is 62.3 Å². The average Bonchev–Trinajstić information content (AvgIpc) is 3.88. The molecule has 75 heavy (non-hydrogen) atoms. The van der Waals surface area contributed by atoms with Crippen molar-refractivity contribution >= 4 is 43.6 Å². The number of nitrogens with zero attached hydrogens (tertiary/aromatic N) is 16. The van der Waals surface area contributed by atoms with E-state index in [1.54, 1.807) is 0 Å². The first-order valence-electron chi connectivity index (χ1n) is 24.2. The highest BCUT2D eigenvalue weighted by Gasteiger charge is 2.25. The van der Waals surface area contributed by atoms with Gasteiger partial charge in [0.1, 0.15) is 52.7 Å². The molecule has 0 unspecified atom stereocenters. The van der Waals surface area contributed by atoms with Gasteiger partial charge < -0.3 is 9.13 Å². The van der Waals surface area contributed by atoms with E-state index in [1.807, 2.05) is 105 Å². The number of aryl methyl sites for hydroxylation is 9. The van der Waals surface area contributed by atoms with Gasteiger partial charge in [-0.1, -0.05) is 54.6 Å². The highest BCUT2D eigenvalue weighted by molar-refractivity contribution is 6.13. The Morgan fingerprint density at radius 2 is 0.653 bits per heavy atom. The lowest BCUT2D eigenvalue weighted by molar-refractivity contribution is 0.928. The number of aromatic nitrogens is 14. The number of fused-ring (bicyclic) bond motifs is 6. The molecule has 360 valence electrons. The molecule has 0 saturated carbocycles. The molecular formula is C59H44N16. The summed E-state index contributed by atoms with van der Waals surface area (Å²) in [6, 6.07) is 39.7. The smallest absolute Gasteiger partial charge is 0.163 e. The minimum atomic E-state index is 0.380. The Balaban J connectivity index is 1.22. The minimum absolute atomic E-state index is 0.380. The third-order valence-corrected chi connectivity index (χ3v) is 13.2. The van der Waals surface area contributed by atoms with Crippen LogP contribution in [0.3, 0.4) is 0 Å². The Kier molecular flexibility index (Phi) is 10.8. The van der Waals surface area contributed by atoms with E-state index in [9.17, 15) is 10.5 Å². The third-order valence-electron chi connectivity index (χ3n) is 13.2. The molecule has 6 aromatic heterocycles. The summed E-state index contributed by atoms with van der Waals surface area (Å²) in [7, 11) is 0. The van der Waals surface area contributed by atoms with Gasteiger partial charge in [-0.25, -0.2) is 59.8 Å². The minimum Gasteiger partial charge on any atom is -0.309 e. The van der Waals surface area contributed by atoms with E-state index < -0.39 is 0 Å². The molecule has 12 rings (SSSR count). The Bertz CT molecular complexity index is 4220. The van der Waals surface area contributed by atoms with Crippen LogP contribution in [0.1, 0.15) is 63.3 Å². The van der Waals surface area contributed by atoms with E-state index in [4.69, 9.17) is 39.9 Å². The summed E-state index contributed by atoms with van der Waals surface area (Å²) in [5.74, 6) is 7.00. The van der Waals surface area contributed by atoms with Crippen molar-refractivity contribution in [1.29, 1.82) is 10.5 Å². The number of hydrogen-bond donors (Lipinski definition) is 0. The maximum atomic E-state index is 11.7. The SMILES string of the molecule is Cc1cc(C#N)cc(-c2cc(-n3c4cc(-c5nc(C)nc(C)n5)ccc4c4ccc(-c5nc(C)nc(C)n5)cc43)c(C#N)cc2-n2c3cc(-c4nc(C)nc(C)n4)ccc3c3ccc(-c4nc(C)nc(C)n4)cc32)c1. The average molecular weight is 977 g/mol. The molecule has 0 spiro atoms. The van der Waals surface area contributed by atoms with Gasteiger partial charge >= 0.3 is 0 Å². The fourth-order valence-electron chi connectivity index (χ4n) is 10.4. The van der Waals surface area contributed by atoms with Crippen LogP contribution in [0.4, 0.5) is 0 Å². The zero-order valence-electron chi connectivity index (χ0n) is 42.5. The molecule has 0 aliphatic rings. The van der Waals surface area contributed by atoms with Crippen LogP contribution in [-0.4, -0.2) is 68.9 Å². The summed E-state index contributed by atoms with van der Waals surface area (Å²) in [6.07, 6.45) is 0. The lowest BCUT2D eigenvalue weighted by Gasteiger charge is -2.20. The molecule has 0 N–H and O–H groups in total. The number of hydrogen-bond acceptors (Lipinski definition) is 14. The van der Waals surface area contributed by atoms with E-state index in [1.165, 1.54) is 0 Å². The van der Waals surface area contributed by atoms with Gasteiger partial charge in [0.2, 0.25) is 0 Å². The summed E-state index contributed by atoms with van der Waals surface area (Å²) < 4.78 is 4.32. The third kappa shape index (κ3) is 8.11. The van der Waals surface area contributed by atoms with Gasteiger partial charge in [-0.05, 0) is 122 Å². The van der Waals surface area contributed by atoms with Crippen LogP contribution in [-0.2, 0) is 0 Å². The van der Waals surface area contributed by atoms with E-state index in [0.717, 1.165) is 82.6 Å². The Morgan fingerprint density at radius 1 is 0.320 bits per heavy atom. The van der Waals surface area contributed by atoms with Crippen molar-refractivity contribution in [3.63, 3.8) is 0 Å². The second-order valence-electron chi connectivity index (χ2n) is 18.8. The van der Waals surface area contributed by atoms with Crippen LogP contribution < -0.4 is 0 Å². The molecule has 0 saturated heterocycles. The van der Waals surface area contributed by atoms with Crippen LogP contribution in [0.2, 0.25) is 0 Å². The number of nitriles is 2. The largest absolute Gasteiger partial charge is 0.309 e. The first kappa shape index (κ1) is 46.0. The first-order valence-corrected chi connectivity index (χ1v) is 24.2. The van der Waals surface area contributed by atoms with Gasteiger partial charge in [-0.3, -0.25) is 0 Å². The van der Waals surface area contributed by atoms with Crippen molar-refractivity contribution in [2.24, 2.45) is 0 Å². The van der Waals surface area contributed by atoms with Crippen LogP contribution in [0.5, 0.6) is 0 Å². The highest BCUT2D eigenvalue weighted by atomic mass is 15.1. The highest BCUT2D eigenvalue weighted by Crippen LogP contribution is 2.43. The zero-order valence-corrected chi connectivity index (χ0v) is 42.5. The monoisotopic (exact) mass is 976 g/mol. The summed E-state index contributed by atoms with van der Waals surface area (Å²) >= 11 is 0. The van der Waals surface area contributed by atoms with Crippen LogP contribution in [0.15, 0.2) is 103 Å². The fourth-order valence-corrected chi connectivity index (χ4v) is 10.4. The maximum Gasteiger partial charge on any atom is 0.163 e. The van der Waals surface area contributed by atoms with Crippen molar-refractivity contribution in [3.05, 3.63) is 166 Å². The first-order chi connectivity index (χ1) is 36.2. The van der Waals surface area contributed by atoms with Crippen molar-refractivity contribution in [2.75, 3.05) is 0 Å². The molecular weight excluding hydrogens is 933 g/mol. The van der Waals surface area contributed by atoms with Crippen molar-refractivity contribution in [1.82, 2.24) is 68.9 Å². The van der Waals surface area contributed by atoms with E-state index in [2.05, 4.69) is 102 Å². The lowest BCUT2D eigenvalue weighted by atomic mass is 9.96. The topological polar surface area (TPSA) is 212 Å². The van der Waals surface area contributed by atoms with Gasteiger partial charge in [0.25, 0.3) is 0 Å². The lowest BCUT2D eigenvalue weighted by Crippen LogP contribution is -2.05. The fraction of sp³-hybridized carbons (Fsp3) is 0.153. The Hall–Kier alpha value is -10.1. The summed E-state index contributed by atoms with van der Waals surface area (Å²) in [6.45, 7) is 16.8. The summed E-state index contributed by atoms with van der Waals surface area (Å²) in [5, 5.41) is 25.9. The van der Waals surface area contributed by atoms with Gasteiger partial charge in [-0.2, -0.15) is 10.5 Å². The predicted molar refractivity (Wildman–Crippen MR) is 288 cm³/mol. The summed E-state index contributed by atoms with van der Waals surface area (Å²) in [5.41, 5.74) is 11.0. The second kappa shape index (κ2) is 17.6. The van der Waals surface area contributed by atoms with Gasteiger partial charge in [0.05, 0.1) is 50.6 Å². The quantitative estimate of drug-likeness (QED) is 0.145. The molecule has 0 radical (unpaired) electrons. The molecule has 0 fully saturated rings. The molecule has 0 atom stereocenters. The maximum absolute atomic E-state index is 11.7. The van der Waals surface area contributed by atoms with Crippen LogP contribution >= 0.6 is 0 Å². The summed E-state index contributed by atoms with van der Waals surface area (Å²) in [4.78, 5) is 55.9.